The fraction of sp³-hybridized carbons (Fsp3) is 0.125. The second-order valence-corrected chi connectivity index (χ2v) is 2.69. The summed E-state index contributed by atoms with van der Waals surface area (Å²) in [6.07, 6.45) is 1.48. The Morgan fingerprint density at radius 1 is 1.23 bits per heavy atom. The molecule has 0 fully saturated rings. The average molecular weight is 177 g/mol. The Bertz CT molecular complexity index is 470. The van der Waals surface area contributed by atoms with Crippen molar-refractivity contribution in [3.8, 4) is 11.9 Å². The van der Waals surface area contributed by atoms with Gasteiger partial charge in [0, 0.05) is 5.69 Å². The molecule has 5 nitrogen and oxygen atoms in total. The van der Waals surface area contributed by atoms with Crippen molar-refractivity contribution < 1.29 is 10.2 Å². The Hall–Kier alpha value is -1.91. The van der Waals surface area contributed by atoms with Crippen LogP contribution in [0.15, 0.2) is 12.3 Å². The molecule has 2 heterocycles. The highest BCUT2D eigenvalue weighted by atomic mass is 16.3. The van der Waals surface area contributed by atoms with Crippen LogP contribution < -0.4 is 0 Å². The van der Waals surface area contributed by atoms with Crippen LogP contribution in [0.1, 0.15) is 5.69 Å². The highest BCUT2D eigenvalue weighted by Crippen LogP contribution is 2.22. The van der Waals surface area contributed by atoms with Crippen molar-refractivity contribution >= 4 is 10.9 Å². The van der Waals surface area contributed by atoms with Crippen LogP contribution in [0.25, 0.3) is 10.9 Å². The molecular formula is C8H7N3O2. The van der Waals surface area contributed by atoms with Gasteiger partial charge in [-0.3, -0.25) is 4.98 Å². The van der Waals surface area contributed by atoms with Crippen molar-refractivity contribution in [2.75, 3.05) is 0 Å². The van der Waals surface area contributed by atoms with Crippen molar-refractivity contribution in [3.63, 3.8) is 0 Å². The molecule has 66 valence electrons. The fourth-order valence-electron chi connectivity index (χ4n) is 1.11. The van der Waals surface area contributed by atoms with Gasteiger partial charge in [-0.05, 0) is 13.0 Å². The van der Waals surface area contributed by atoms with E-state index in [9.17, 15) is 5.11 Å². The summed E-state index contributed by atoms with van der Waals surface area (Å²) in [4.78, 5) is 11.1. The van der Waals surface area contributed by atoms with Gasteiger partial charge in [-0.2, -0.15) is 9.97 Å². The number of aromatic hydroxyl groups is 2. The molecule has 0 unspecified atom stereocenters. The second kappa shape index (κ2) is 2.55. The van der Waals surface area contributed by atoms with E-state index >= 15 is 0 Å². The third-order valence-corrected chi connectivity index (χ3v) is 1.69. The molecule has 0 spiro atoms. The molecule has 0 aliphatic carbocycles. The van der Waals surface area contributed by atoms with Crippen molar-refractivity contribution in [1.29, 1.82) is 0 Å². The molecule has 0 bridgehead atoms. The first-order valence-electron chi connectivity index (χ1n) is 3.69. The Morgan fingerprint density at radius 3 is 2.77 bits per heavy atom. The maximum atomic E-state index is 9.34. The lowest BCUT2D eigenvalue weighted by molar-refractivity contribution is 0.403. The quantitative estimate of drug-likeness (QED) is 0.620. The number of aromatic nitrogens is 3. The molecule has 0 saturated carbocycles. The first-order chi connectivity index (χ1) is 6.16. The molecule has 5 heteroatoms. The summed E-state index contributed by atoms with van der Waals surface area (Å²) < 4.78 is 0. The monoisotopic (exact) mass is 177 g/mol. The van der Waals surface area contributed by atoms with Crippen LogP contribution in [0.5, 0.6) is 11.9 Å². The lowest BCUT2D eigenvalue weighted by Gasteiger charge is -2.00. The van der Waals surface area contributed by atoms with Crippen molar-refractivity contribution in [1.82, 2.24) is 15.0 Å². The number of hydrogen-bond acceptors (Lipinski definition) is 5. The van der Waals surface area contributed by atoms with Crippen molar-refractivity contribution in [2.24, 2.45) is 0 Å². The summed E-state index contributed by atoms with van der Waals surface area (Å²) >= 11 is 0. The number of pyridine rings is 1. The largest absolute Gasteiger partial charge is 0.493 e. The molecule has 2 aromatic rings. The van der Waals surface area contributed by atoms with Crippen LogP contribution >= 0.6 is 0 Å². The van der Waals surface area contributed by atoms with Gasteiger partial charge in [0.15, 0.2) is 0 Å². The average Bonchev–Trinajstić information content (AvgIpc) is 2.06. The lowest BCUT2D eigenvalue weighted by atomic mass is 10.2. The van der Waals surface area contributed by atoms with Gasteiger partial charge >= 0.3 is 6.01 Å². The third kappa shape index (κ3) is 1.24. The van der Waals surface area contributed by atoms with E-state index in [0.29, 0.717) is 10.9 Å². The molecule has 2 N–H and O–H groups in total. The normalized spacial score (nSPS) is 10.5. The van der Waals surface area contributed by atoms with E-state index in [4.69, 9.17) is 5.11 Å². The molecular weight excluding hydrogens is 170 g/mol. The van der Waals surface area contributed by atoms with Gasteiger partial charge in [0.05, 0.1) is 17.1 Å². The van der Waals surface area contributed by atoms with E-state index < -0.39 is 6.01 Å². The van der Waals surface area contributed by atoms with Crippen LogP contribution in [0.4, 0.5) is 0 Å². The van der Waals surface area contributed by atoms with E-state index in [2.05, 4.69) is 15.0 Å². The highest BCUT2D eigenvalue weighted by Gasteiger charge is 2.05. The van der Waals surface area contributed by atoms with Gasteiger partial charge in [-0.15, -0.1) is 0 Å². The zero-order chi connectivity index (χ0) is 9.42. The Kier molecular flexibility index (Phi) is 1.51. The van der Waals surface area contributed by atoms with E-state index in [1.165, 1.54) is 6.20 Å². The Balaban J connectivity index is 2.87. The number of rotatable bonds is 0. The maximum Gasteiger partial charge on any atom is 0.317 e. The van der Waals surface area contributed by atoms with Gasteiger partial charge in [0.1, 0.15) is 0 Å². The number of hydrogen-bond donors (Lipinski definition) is 2. The SMILES string of the molecule is Cc1cc2c(O)nc(O)nc2cn1. The fourth-order valence-corrected chi connectivity index (χ4v) is 1.11. The van der Waals surface area contributed by atoms with E-state index in [-0.39, 0.29) is 5.88 Å². The van der Waals surface area contributed by atoms with Gasteiger partial charge < -0.3 is 10.2 Å². The molecule has 0 saturated heterocycles. The zero-order valence-electron chi connectivity index (χ0n) is 6.89. The van der Waals surface area contributed by atoms with Gasteiger partial charge in [0.25, 0.3) is 0 Å². The summed E-state index contributed by atoms with van der Waals surface area (Å²) in [6, 6.07) is 1.21. The van der Waals surface area contributed by atoms with Crippen LogP contribution in [-0.4, -0.2) is 25.2 Å². The second-order valence-electron chi connectivity index (χ2n) is 2.69. The standard InChI is InChI=1S/C8H7N3O2/c1-4-2-5-6(3-9-4)10-8(13)11-7(5)12/h2-3H,1H3,(H2,10,11,12,13). The molecule has 0 radical (unpaired) electrons. The molecule has 2 aromatic heterocycles. The van der Waals surface area contributed by atoms with E-state index in [0.717, 1.165) is 5.69 Å². The van der Waals surface area contributed by atoms with E-state index in [1.54, 1.807) is 13.0 Å². The molecule has 2 rings (SSSR count). The minimum atomic E-state index is -0.448. The summed E-state index contributed by atoms with van der Waals surface area (Å²) in [6.45, 7) is 1.80. The minimum Gasteiger partial charge on any atom is -0.493 e. The molecule has 13 heavy (non-hydrogen) atoms. The maximum absolute atomic E-state index is 9.34. The third-order valence-electron chi connectivity index (χ3n) is 1.69. The smallest absolute Gasteiger partial charge is 0.317 e. The first kappa shape index (κ1) is 7.72. The summed E-state index contributed by atoms with van der Waals surface area (Å²) in [5.74, 6) is -0.229. The Labute approximate surface area is 73.7 Å². The number of nitrogens with zero attached hydrogens (tertiary/aromatic N) is 3. The van der Waals surface area contributed by atoms with Crippen molar-refractivity contribution in [3.05, 3.63) is 18.0 Å². The Morgan fingerprint density at radius 2 is 2.00 bits per heavy atom. The minimum absolute atomic E-state index is 0.229. The highest BCUT2D eigenvalue weighted by molar-refractivity contribution is 5.82. The van der Waals surface area contributed by atoms with Gasteiger partial charge in [0.2, 0.25) is 5.88 Å². The van der Waals surface area contributed by atoms with E-state index in [1.807, 2.05) is 0 Å². The summed E-state index contributed by atoms with van der Waals surface area (Å²) in [5.41, 5.74) is 1.19. The van der Waals surface area contributed by atoms with Gasteiger partial charge in [-0.1, -0.05) is 0 Å². The predicted octanol–water partition coefficient (Wildman–Crippen LogP) is 0.744. The zero-order valence-corrected chi connectivity index (χ0v) is 6.89. The first-order valence-corrected chi connectivity index (χ1v) is 3.69. The van der Waals surface area contributed by atoms with Gasteiger partial charge in [-0.25, -0.2) is 0 Å². The predicted molar refractivity (Wildman–Crippen MR) is 45.4 cm³/mol. The van der Waals surface area contributed by atoms with Crippen molar-refractivity contribution in [2.45, 2.75) is 6.92 Å². The molecule has 0 aliphatic heterocycles. The van der Waals surface area contributed by atoms with Crippen LogP contribution in [-0.2, 0) is 0 Å². The summed E-state index contributed by atoms with van der Waals surface area (Å²) in [7, 11) is 0. The van der Waals surface area contributed by atoms with Crippen LogP contribution in [0.2, 0.25) is 0 Å². The van der Waals surface area contributed by atoms with Crippen LogP contribution in [0.3, 0.4) is 0 Å². The molecule has 0 aliphatic rings. The molecule has 0 atom stereocenters. The topological polar surface area (TPSA) is 79.1 Å². The molecule has 0 amide bonds. The lowest BCUT2D eigenvalue weighted by Crippen LogP contribution is -1.88. The number of aryl methyl sites for hydroxylation is 1. The number of fused-ring (bicyclic) bond motifs is 1. The summed E-state index contributed by atoms with van der Waals surface area (Å²) in [5, 5.41) is 18.8. The molecule has 0 aromatic carbocycles. The van der Waals surface area contributed by atoms with Crippen LogP contribution in [0, 0.1) is 6.92 Å².